The fraction of sp³-hybridized carbons (Fsp3) is 0.154. The molecule has 0 radical (unpaired) electrons. The van der Waals surface area contributed by atoms with E-state index < -0.39 is 10.8 Å². The van der Waals surface area contributed by atoms with Gasteiger partial charge in [-0.2, -0.15) is 0 Å². The molecule has 0 saturated heterocycles. The van der Waals surface area contributed by atoms with Crippen molar-refractivity contribution in [2.75, 3.05) is 18.4 Å². The molecule has 0 saturated carbocycles. The number of rotatable bonds is 6. The lowest BCUT2D eigenvalue weighted by Gasteiger charge is -2.15. The van der Waals surface area contributed by atoms with Crippen LogP contribution < -0.4 is 5.32 Å². The molecule has 33 heavy (non-hydrogen) atoms. The number of nitro groups is 1. The minimum atomic E-state index is -0.738. The van der Waals surface area contributed by atoms with Gasteiger partial charge in [0.05, 0.1) is 16.3 Å². The van der Waals surface area contributed by atoms with Crippen LogP contribution in [-0.4, -0.2) is 34.5 Å². The Hall–Kier alpha value is -4.10. The Morgan fingerprint density at radius 3 is 2.45 bits per heavy atom. The predicted molar refractivity (Wildman–Crippen MR) is 128 cm³/mol. The van der Waals surface area contributed by atoms with E-state index in [4.69, 9.17) is 4.99 Å². The van der Waals surface area contributed by atoms with Crippen LogP contribution in [0.5, 0.6) is 0 Å². The number of hydrogen-bond donors (Lipinski definition) is 1. The van der Waals surface area contributed by atoms with Crippen molar-refractivity contribution in [3.05, 3.63) is 112 Å². The average Bonchev–Trinajstić information content (AvgIpc) is 3.45. The van der Waals surface area contributed by atoms with Crippen LogP contribution in [0.1, 0.15) is 22.6 Å². The van der Waals surface area contributed by atoms with Crippen molar-refractivity contribution < 1.29 is 9.72 Å². The number of anilines is 1. The second kappa shape index (κ2) is 8.80. The van der Waals surface area contributed by atoms with E-state index in [1.807, 2.05) is 54.6 Å². The lowest BCUT2D eigenvalue weighted by Crippen LogP contribution is -2.22. The SMILES string of the molecule is O=C1Nc2ccc([N+](=O)[O-])cc2C1C(=Nc1ccc(CN2CC=CC2)cc1)c1ccccc1. The molecule has 1 atom stereocenters. The molecule has 0 bridgehead atoms. The molecule has 164 valence electrons. The summed E-state index contributed by atoms with van der Waals surface area (Å²) in [4.78, 5) is 31.1. The summed E-state index contributed by atoms with van der Waals surface area (Å²) >= 11 is 0. The number of amides is 1. The number of nitro benzene ring substituents is 1. The van der Waals surface area contributed by atoms with E-state index in [1.165, 1.54) is 17.7 Å². The van der Waals surface area contributed by atoms with Crippen LogP contribution in [0.3, 0.4) is 0 Å². The number of hydrogen-bond acceptors (Lipinski definition) is 5. The molecule has 2 aliphatic rings. The third-order valence-electron chi connectivity index (χ3n) is 5.91. The van der Waals surface area contributed by atoms with Crippen molar-refractivity contribution in [3.63, 3.8) is 0 Å². The van der Waals surface area contributed by atoms with Gasteiger partial charge < -0.3 is 5.32 Å². The van der Waals surface area contributed by atoms with Crippen LogP contribution in [-0.2, 0) is 11.3 Å². The van der Waals surface area contributed by atoms with Crippen molar-refractivity contribution in [2.45, 2.75) is 12.5 Å². The van der Waals surface area contributed by atoms with Gasteiger partial charge in [0.25, 0.3) is 5.69 Å². The molecule has 1 N–H and O–H groups in total. The normalized spacial score (nSPS) is 17.8. The summed E-state index contributed by atoms with van der Waals surface area (Å²) in [6, 6.07) is 21.9. The molecule has 3 aromatic rings. The van der Waals surface area contributed by atoms with Crippen LogP contribution in [0.4, 0.5) is 17.1 Å². The molecule has 0 aromatic heterocycles. The highest BCUT2D eigenvalue weighted by Crippen LogP contribution is 2.38. The number of aliphatic imine (C=N–C) groups is 1. The zero-order valence-electron chi connectivity index (χ0n) is 17.8. The number of carbonyl (C=O) groups is 1. The maximum absolute atomic E-state index is 13.0. The van der Waals surface area contributed by atoms with Crippen molar-refractivity contribution in [1.29, 1.82) is 0 Å². The van der Waals surface area contributed by atoms with Gasteiger partial charge in [-0.3, -0.25) is 24.8 Å². The van der Waals surface area contributed by atoms with Gasteiger partial charge in [-0.1, -0.05) is 54.6 Å². The zero-order valence-corrected chi connectivity index (χ0v) is 17.8. The van der Waals surface area contributed by atoms with E-state index >= 15 is 0 Å². The van der Waals surface area contributed by atoms with Crippen molar-refractivity contribution in [3.8, 4) is 0 Å². The van der Waals surface area contributed by atoms with E-state index in [2.05, 4.69) is 22.4 Å². The lowest BCUT2D eigenvalue weighted by atomic mass is 9.90. The molecule has 1 unspecified atom stereocenters. The Kier molecular flexibility index (Phi) is 5.54. The largest absolute Gasteiger partial charge is 0.325 e. The standard InChI is InChI=1S/C26H22N4O3/c31-26-24(22-16-21(30(32)33)12-13-23(22)28-26)25(19-6-2-1-3-7-19)27-20-10-8-18(9-11-20)17-29-14-4-5-15-29/h1-13,16,24H,14-15,17H2,(H,28,31). The number of nitrogens with zero attached hydrogens (tertiary/aromatic N) is 3. The zero-order chi connectivity index (χ0) is 22.8. The first-order valence-corrected chi connectivity index (χ1v) is 10.8. The Labute approximate surface area is 191 Å². The van der Waals surface area contributed by atoms with Gasteiger partial charge in [-0.05, 0) is 29.3 Å². The van der Waals surface area contributed by atoms with Crippen LogP contribution >= 0.6 is 0 Å². The maximum atomic E-state index is 13.0. The number of benzene rings is 3. The third-order valence-corrected chi connectivity index (χ3v) is 5.91. The van der Waals surface area contributed by atoms with Gasteiger partial charge in [0.15, 0.2) is 0 Å². The van der Waals surface area contributed by atoms with Gasteiger partial charge in [0.1, 0.15) is 5.92 Å². The highest BCUT2D eigenvalue weighted by molar-refractivity contribution is 6.24. The maximum Gasteiger partial charge on any atom is 0.269 e. The average molecular weight is 438 g/mol. The summed E-state index contributed by atoms with van der Waals surface area (Å²) in [6.07, 6.45) is 4.33. The molecule has 0 fully saturated rings. The van der Waals surface area contributed by atoms with E-state index in [0.29, 0.717) is 17.0 Å². The van der Waals surface area contributed by atoms with E-state index in [0.717, 1.165) is 30.9 Å². The Bertz CT molecular complexity index is 1260. The minimum Gasteiger partial charge on any atom is -0.325 e. The summed E-state index contributed by atoms with van der Waals surface area (Å²) in [5, 5.41) is 14.2. The number of carbonyl (C=O) groups excluding carboxylic acids is 1. The summed E-state index contributed by atoms with van der Waals surface area (Å²) in [6.45, 7) is 2.78. The minimum absolute atomic E-state index is 0.0524. The fourth-order valence-electron chi connectivity index (χ4n) is 4.26. The quantitative estimate of drug-likeness (QED) is 0.259. The summed E-state index contributed by atoms with van der Waals surface area (Å²) < 4.78 is 0. The molecule has 0 spiro atoms. The first-order chi connectivity index (χ1) is 16.1. The first kappa shape index (κ1) is 20.8. The van der Waals surface area contributed by atoms with Gasteiger partial charge in [-0.15, -0.1) is 0 Å². The van der Waals surface area contributed by atoms with Gasteiger partial charge in [-0.25, -0.2) is 0 Å². The molecule has 2 heterocycles. The Balaban J connectivity index is 1.53. The van der Waals surface area contributed by atoms with Gasteiger partial charge in [0, 0.05) is 43.0 Å². The number of non-ortho nitro benzene ring substituents is 1. The molecule has 3 aromatic carbocycles. The topological polar surface area (TPSA) is 87.8 Å². The first-order valence-electron chi connectivity index (χ1n) is 10.8. The van der Waals surface area contributed by atoms with E-state index in [1.54, 1.807) is 6.07 Å². The lowest BCUT2D eigenvalue weighted by molar-refractivity contribution is -0.384. The smallest absolute Gasteiger partial charge is 0.269 e. The highest BCUT2D eigenvalue weighted by atomic mass is 16.6. The van der Waals surface area contributed by atoms with Gasteiger partial charge in [0.2, 0.25) is 5.91 Å². The summed E-state index contributed by atoms with van der Waals surface area (Å²) in [7, 11) is 0. The van der Waals surface area contributed by atoms with Crippen LogP contribution in [0, 0.1) is 10.1 Å². The Morgan fingerprint density at radius 2 is 1.76 bits per heavy atom. The van der Waals surface area contributed by atoms with Crippen molar-refractivity contribution in [1.82, 2.24) is 4.90 Å². The molecule has 0 aliphatic carbocycles. The van der Waals surface area contributed by atoms with Crippen LogP contribution in [0.2, 0.25) is 0 Å². The van der Waals surface area contributed by atoms with Crippen molar-refractivity contribution in [2.24, 2.45) is 4.99 Å². The van der Waals surface area contributed by atoms with Crippen molar-refractivity contribution >= 4 is 28.7 Å². The molecule has 5 rings (SSSR count). The van der Waals surface area contributed by atoms with E-state index in [-0.39, 0.29) is 11.6 Å². The fourth-order valence-corrected chi connectivity index (χ4v) is 4.26. The predicted octanol–water partition coefficient (Wildman–Crippen LogP) is 4.82. The molecule has 1 amide bonds. The second-order valence-electron chi connectivity index (χ2n) is 8.15. The molecular weight excluding hydrogens is 416 g/mol. The summed E-state index contributed by atoms with van der Waals surface area (Å²) in [5.74, 6) is -0.982. The Morgan fingerprint density at radius 1 is 1.03 bits per heavy atom. The molecule has 7 heteroatoms. The van der Waals surface area contributed by atoms with Crippen LogP contribution in [0.15, 0.2) is 89.9 Å². The monoisotopic (exact) mass is 438 g/mol. The van der Waals surface area contributed by atoms with E-state index in [9.17, 15) is 14.9 Å². The molecular formula is C26H22N4O3. The van der Waals surface area contributed by atoms with Crippen LogP contribution in [0.25, 0.3) is 0 Å². The highest BCUT2D eigenvalue weighted by Gasteiger charge is 2.36. The van der Waals surface area contributed by atoms with Gasteiger partial charge >= 0.3 is 0 Å². The molecule has 2 aliphatic heterocycles. The summed E-state index contributed by atoms with van der Waals surface area (Å²) in [5.41, 5.74) is 4.36. The number of fused-ring (bicyclic) bond motifs is 1. The second-order valence-corrected chi connectivity index (χ2v) is 8.15. The number of nitrogens with one attached hydrogen (secondary N) is 1. The third kappa shape index (κ3) is 4.31. The molecule has 7 nitrogen and oxygen atoms in total.